The Morgan fingerprint density at radius 3 is 2.52 bits per heavy atom. The van der Waals surface area contributed by atoms with Crippen molar-refractivity contribution in [3.05, 3.63) is 64.2 Å². The first-order chi connectivity index (χ1) is 13.2. The summed E-state index contributed by atoms with van der Waals surface area (Å²) in [5, 5.41) is 4.60. The van der Waals surface area contributed by atoms with E-state index in [2.05, 4.69) is 35.6 Å². The van der Waals surface area contributed by atoms with Crippen LogP contribution in [0.2, 0.25) is 5.02 Å². The van der Waals surface area contributed by atoms with Gasteiger partial charge in [0, 0.05) is 23.0 Å². The number of nitrogens with two attached hydrogens (primary N) is 1. The molecular formula is C23H31ClN2O. The van der Waals surface area contributed by atoms with Gasteiger partial charge in [0.15, 0.2) is 0 Å². The number of rotatable bonds is 5. The van der Waals surface area contributed by atoms with Crippen LogP contribution in [0.5, 0.6) is 5.75 Å². The van der Waals surface area contributed by atoms with E-state index in [0.717, 1.165) is 23.7 Å². The molecule has 1 aliphatic carbocycles. The Hall–Kier alpha value is -1.55. The normalized spacial score (nSPS) is 19.9. The standard InChI is InChI=1S/C21H25ClN2O.C2H6/c22-17-5-3-16(4-6-17)21(9-1-10-21)20-19-14-18(25-13-11-23)7-2-15(19)8-12-24-20;1-2/h2-7,14,20,24H,1,8-13,23H2;1-2H3. The van der Waals surface area contributed by atoms with E-state index in [-0.39, 0.29) is 5.41 Å². The van der Waals surface area contributed by atoms with Crippen molar-refractivity contribution >= 4 is 11.6 Å². The topological polar surface area (TPSA) is 47.3 Å². The van der Waals surface area contributed by atoms with E-state index in [4.69, 9.17) is 22.1 Å². The molecular weight excluding hydrogens is 356 g/mol. The SMILES string of the molecule is CC.NCCOc1ccc2c(c1)C(C1(c3ccc(Cl)cc3)CCC1)NCC2. The number of fused-ring (bicyclic) bond motifs is 1. The molecule has 27 heavy (non-hydrogen) atoms. The molecule has 1 heterocycles. The minimum atomic E-state index is 0.159. The third kappa shape index (κ3) is 4.01. The predicted molar refractivity (Wildman–Crippen MR) is 114 cm³/mol. The van der Waals surface area contributed by atoms with Crippen molar-refractivity contribution in [3.63, 3.8) is 0 Å². The number of halogens is 1. The monoisotopic (exact) mass is 386 g/mol. The van der Waals surface area contributed by atoms with Gasteiger partial charge in [-0.2, -0.15) is 0 Å². The van der Waals surface area contributed by atoms with Gasteiger partial charge in [0.05, 0.1) is 0 Å². The highest BCUT2D eigenvalue weighted by atomic mass is 35.5. The lowest BCUT2D eigenvalue weighted by Gasteiger charge is -2.50. The van der Waals surface area contributed by atoms with E-state index in [0.29, 0.717) is 19.2 Å². The Bertz CT molecular complexity index is 741. The average Bonchev–Trinajstić information content (AvgIpc) is 2.68. The lowest BCUT2D eigenvalue weighted by molar-refractivity contribution is 0.164. The molecule has 1 atom stereocenters. The van der Waals surface area contributed by atoms with Crippen molar-refractivity contribution in [1.29, 1.82) is 0 Å². The van der Waals surface area contributed by atoms with Gasteiger partial charge >= 0.3 is 0 Å². The second-order valence-corrected chi connectivity index (χ2v) is 7.59. The summed E-state index contributed by atoms with van der Waals surface area (Å²) in [6, 6.07) is 15.3. The van der Waals surface area contributed by atoms with E-state index in [9.17, 15) is 0 Å². The summed E-state index contributed by atoms with van der Waals surface area (Å²) in [7, 11) is 0. The third-order valence-electron chi connectivity index (χ3n) is 5.78. The van der Waals surface area contributed by atoms with Crippen LogP contribution in [0.25, 0.3) is 0 Å². The molecule has 1 aliphatic heterocycles. The third-order valence-corrected chi connectivity index (χ3v) is 6.03. The quantitative estimate of drug-likeness (QED) is 0.759. The summed E-state index contributed by atoms with van der Waals surface area (Å²) >= 11 is 6.12. The second kappa shape index (κ2) is 9.09. The minimum Gasteiger partial charge on any atom is -0.492 e. The molecule has 4 heteroatoms. The molecule has 3 nitrogen and oxygen atoms in total. The van der Waals surface area contributed by atoms with Gasteiger partial charge in [0.1, 0.15) is 12.4 Å². The van der Waals surface area contributed by atoms with Crippen LogP contribution in [0, 0.1) is 0 Å². The Labute approximate surface area is 168 Å². The second-order valence-electron chi connectivity index (χ2n) is 7.15. The molecule has 2 aromatic carbocycles. The molecule has 1 unspecified atom stereocenters. The van der Waals surface area contributed by atoms with Crippen LogP contribution < -0.4 is 15.8 Å². The highest BCUT2D eigenvalue weighted by Gasteiger charge is 2.47. The van der Waals surface area contributed by atoms with E-state index >= 15 is 0 Å². The summed E-state index contributed by atoms with van der Waals surface area (Å²) in [5.74, 6) is 0.920. The van der Waals surface area contributed by atoms with Crippen LogP contribution in [-0.2, 0) is 11.8 Å². The zero-order valence-corrected chi connectivity index (χ0v) is 17.2. The van der Waals surface area contributed by atoms with E-state index in [1.54, 1.807) is 0 Å². The Kier molecular flexibility index (Phi) is 6.80. The highest BCUT2D eigenvalue weighted by Crippen LogP contribution is 2.53. The Morgan fingerprint density at radius 2 is 1.89 bits per heavy atom. The van der Waals surface area contributed by atoms with Gasteiger partial charge in [-0.1, -0.05) is 50.1 Å². The smallest absolute Gasteiger partial charge is 0.119 e. The summed E-state index contributed by atoms with van der Waals surface area (Å²) < 4.78 is 5.79. The zero-order valence-electron chi connectivity index (χ0n) is 16.4. The fourth-order valence-electron chi connectivity index (χ4n) is 4.37. The van der Waals surface area contributed by atoms with Gasteiger partial charge < -0.3 is 15.8 Å². The van der Waals surface area contributed by atoms with Crippen molar-refractivity contribution in [1.82, 2.24) is 5.32 Å². The van der Waals surface area contributed by atoms with E-state index < -0.39 is 0 Å². The summed E-state index contributed by atoms with van der Waals surface area (Å²) in [6.45, 7) is 6.11. The predicted octanol–water partition coefficient (Wildman–Crippen LogP) is 5.01. The summed E-state index contributed by atoms with van der Waals surface area (Å²) in [5.41, 5.74) is 9.95. The fourth-order valence-corrected chi connectivity index (χ4v) is 4.50. The van der Waals surface area contributed by atoms with Gasteiger partial charge in [-0.3, -0.25) is 0 Å². The molecule has 1 fully saturated rings. The van der Waals surface area contributed by atoms with E-state index in [1.165, 1.54) is 36.0 Å². The molecule has 2 aliphatic rings. The van der Waals surface area contributed by atoms with Crippen LogP contribution >= 0.6 is 11.6 Å². The number of hydrogen-bond donors (Lipinski definition) is 2. The van der Waals surface area contributed by atoms with Crippen LogP contribution in [0.15, 0.2) is 42.5 Å². The highest BCUT2D eigenvalue weighted by molar-refractivity contribution is 6.30. The zero-order chi connectivity index (χ0) is 19.3. The number of nitrogens with one attached hydrogen (secondary N) is 1. The average molecular weight is 387 g/mol. The molecule has 0 radical (unpaired) electrons. The maximum absolute atomic E-state index is 6.12. The summed E-state index contributed by atoms with van der Waals surface area (Å²) in [6.07, 6.45) is 4.76. The van der Waals surface area contributed by atoms with Crippen LogP contribution in [0.3, 0.4) is 0 Å². The molecule has 0 bridgehead atoms. The number of hydrogen-bond acceptors (Lipinski definition) is 3. The lowest BCUT2D eigenvalue weighted by atomic mass is 9.58. The van der Waals surface area contributed by atoms with Crippen molar-refractivity contribution in [3.8, 4) is 5.75 Å². The van der Waals surface area contributed by atoms with Crippen molar-refractivity contribution in [2.75, 3.05) is 19.7 Å². The lowest BCUT2D eigenvalue weighted by Crippen LogP contribution is -2.49. The Morgan fingerprint density at radius 1 is 1.15 bits per heavy atom. The molecule has 2 aromatic rings. The molecule has 3 N–H and O–H groups in total. The molecule has 0 aromatic heterocycles. The van der Waals surface area contributed by atoms with E-state index in [1.807, 2.05) is 26.0 Å². The van der Waals surface area contributed by atoms with Gasteiger partial charge in [0.25, 0.3) is 0 Å². The Balaban J connectivity index is 0.00000102. The first-order valence-corrected chi connectivity index (χ1v) is 10.6. The largest absolute Gasteiger partial charge is 0.492 e. The van der Waals surface area contributed by atoms with Crippen molar-refractivity contribution in [2.45, 2.75) is 51.0 Å². The fraction of sp³-hybridized carbons (Fsp3) is 0.478. The van der Waals surface area contributed by atoms with Gasteiger partial charge in [0.2, 0.25) is 0 Å². The van der Waals surface area contributed by atoms with Crippen molar-refractivity contribution in [2.24, 2.45) is 5.73 Å². The summed E-state index contributed by atoms with van der Waals surface area (Å²) in [4.78, 5) is 0. The van der Waals surface area contributed by atoms with Crippen molar-refractivity contribution < 1.29 is 4.74 Å². The van der Waals surface area contributed by atoms with Gasteiger partial charge in [-0.25, -0.2) is 0 Å². The molecule has 0 spiro atoms. The van der Waals surface area contributed by atoms with Gasteiger partial charge in [-0.15, -0.1) is 0 Å². The molecule has 146 valence electrons. The van der Waals surface area contributed by atoms with Crippen LogP contribution in [-0.4, -0.2) is 19.7 Å². The first kappa shape index (κ1) is 20.2. The molecule has 1 saturated carbocycles. The number of ether oxygens (including phenoxy) is 1. The van der Waals surface area contributed by atoms with Crippen LogP contribution in [0.1, 0.15) is 55.8 Å². The maximum Gasteiger partial charge on any atom is 0.119 e. The minimum absolute atomic E-state index is 0.159. The molecule has 0 saturated heterocycles. The number of benzene rings is 2. The molecule has 0 amide bonds. The maximum atomic E-state index is 6.12. The first-order valence-electron chi connectivity index (χ1n) is 10.2. The van der Waals surface area contributed by atoms with Crippen LogP contribution in [0.4, 0.5) is 0 Å². The van der Waals surface area contributed by atoms with Gasteiger partial charge in [-0.05, 0) is 66.8 Å². The molecule has 4 rings (SSSR count).